The number of carboxylic acids is 1. The van der Waals surface area contributed by atoms with Gasteiger partial charge in [-0.15, -0.1) is 0 Å². The number of carboxylic acid groups (broad SMARTS) is 1. The topological polar surface area (TPSA) is 37.3 Å². The van der Waals surface area contributed by atoms with Crippen LogP contribution in [0.5, 0.6) is 0 Å². The van der Waals surface area contributed by atoms with Gasteiger partial charge in [-0.1, -0.05) is 82.6 Å². The van der Waals surface area contributed by atoms with Gasteiger partial charge in [0.25, 0.3) is 0 Å². The Morgan fingerprint density at radius 2 is 0.960 bits per heavy atom. The molecular formula is C23H42O2. The molecule has 0 unspecified atom stereocenters. The molecule has 0 saturated carbocycles. The summed E-state index contributed by atoms with van der Waals surface area (Å²) in [4.78, 5) is 10.4. The van der Waals surface area contributed by atoms with E-state index < -0.39 is 5.97 Å². The fourth-order valence-electron chi connectivity index (χ4n) is 3.00. The minimum Gasteiger partial charge on any atom is -0.481 e. The molecule has 0 bridgehead atoms. The number of hydrogen-bond donors (Lipinski definition) is 1. The zero-order valence-corrected chi connectivity index (χ0v) is 16.7. The van der Waals surface area contributed by atoms with Crippen LogP contribution in [-0.2, 0) is 4.79 Å². The van der Waals surface area contributed by atoms with Crippen LogP contribution in [0.25, 0.3) is 0 Å². The van der Waals surface area contributed by atoms with E-state index in [1.165, 1.54) is 89.9 Å². The van der Waals surface area contributed by atoms with E-state index in [2.05, 4.69) is 31.2 Å². The van der Waals surface area contributed by atoms with Gasteiger partial charge in [-0.3, -0.25) is 4.79 Å². The lowest BCUT2D eigenvalue weighted by Gasteiger charge is -2.00. The van der Waals surface area contributed by atoms with Gasteiger partial charge in [-0.05, 0) is 51.4 Å². The molecule has 0 aliphatic heterocycles. The number of allylic oxidation sites excluding steroid dienone is 4. The summed E-state index contributed by atoms with van der Waals surface area (Å²) in [5, 5.41) is 8.55. The molecule has 2 heteroatoms. The lowest BCUT2D eigenvalue weighted by Crippen LogP contribution is -1.93. The third-order valence-electron chi connectivity index (χ3n) is 4.57. The molecule has 0 aromatic rings. The Morgan fingerprint density at radius 3 is 1.36 bits per heavy atom. The van der Waals surface area contributed by atoms with Gasteiger partial charge in [0.2, 0.25) is 0 Å². The minimum atomic E-state index is -0.664. The predicted molar refractivity (Wildman–Crippen MR) is 110 cm³/mol. The molecule has 0 spiro atoms. The Labute approximate surface area is 156 Å². The first kappa shape index (κ1) is 23.9. The van der Waals surface area contributed by atoms with Gasteiger partial charge in [0.15, 0.2) is 0 Å². The summed E-state index contributed by atoms with van der Waals surface area (Å²) in [6, 6.07) is 0. The number of rotatable bonds is 19. The first-order valence-corrected chi connectivity index (χ1v) is 10.8. The molecule has 0 aromatic carbocycles. The molecule has 0 aliphatic rings. The van der Waals surface area contributed by atoms with E-state index in [0.717, 1.165) is 12.8 Å². The van der Waals surface area contributed by atoms with Crippen molar-refractivity contribution in [1.82, 2.24) is 0 Å². The van der Waals surface area contributed by atoms with E-state index in [0.29, 0.717) is 6.42 Å². The van der Waals surface area contributed by atoms with Crippen molar-refractivity contribution < 1.29 is 9.90 Å². The summed E-state index contributed by atoms with van der Waals surface area (Å²) in [7, 11) is 0. The van der Waals surface area contributed by atoms with E-state index in [9.17, 15) is 4.79 Å². The smallest absolute Gasteiger partial charge is 0.303 e. The van der Waals surface area contributed by atoms with Crippen LogP contribution in [0.2, 0.25) is 0 Å². The molecule has 2 nitrogen and oxygen atoms in total. The average molecular weight is 351 g/mol. The molecule has 0 aliphatic carbocycles. The van der Waals surface area contributed by atoms with E-state index in [1.54, 1.807) is 0 Å². The second kappa shape index (κ2) is 21.0. The molecule has 0 aromatic heterocycles. The fraction of sp³-hybridized carbons (Fsp3) is 0.783. The molecule has 0 saturated heterocycles. The quantitative estimate of drug-likeness (QED) is 0.190. The fourth-order valence-corrected chi connectivity index (χ4v) is 3.00. The zero-order valence-electron chi connectivity index (χ0n) is 16.7. The summed E-state index contributed by atoms with van der Waals surface area (Å²) in [5.74, 6) is -0.664. The molecule has 0 amide bonds. The maximum Gasteiger partial charge on any atom is 0.303 e. The largest absolute Gasteiger partial charge is 0.481 e. The van der Waals surface area contributed by atoms with Crippen LogP contribution in [-0.4, -0.2) is 11.1 Å². The van der Waals surface area contributed by atoms with Crippen LogP contribution >= 0.6 is 0 Å². The molecule has 0 rings (SSSR count). The van der Waals surface area contributed by atoms with Gasteiger partial charge in [-0.25, -0.2) is 0 Å². The van der Waals surface area contributed by atoms with Crippen molar-refractivity contribution in [2.45, 2.75) is 116 Å². The van der Waals surface area contributed by atoms with Crippen LogP contribution in [0.1, 0.15) is 116 Å². The molecule has 1 N–H and O–H groups in total. The highest BCUT2D eigenvalue weighted by molar-refractivity contribution is 5.66. The second-order valence-electron chi connectivity index (χ2n) is 7.10. The first-order chi connectivity index (χ1) is 12.3. The van der Waals surface area contributed by atoms with Gasteiger partial charge in [-0.2, -0.15) is 0 Å². The van der Waals surface area contributed by atoms with Crippen molar-refractivity contribution in [2.75, 3.05) is 0 Å². The molecule has 0 atom stereocenters. The summed E-state index contributed by atoms with van der Waals surface area (Å²) in [5.41, 5.74) is 0. The number of carbonyl (C=O) groups is 1. The zero-order chi connectivity index (χ0) is 18.4. The first-order valence-electron chi connectivity index (χ1n) is 10.8. The second-order valence-corrected chi connectivity index (χ2v) is 7.10. The number of hydrogen-bond acceptors (Lipinski definition) is 1. The Kier molecular flexibility index (Phi) is 20.1. The number of unbranched alkanes of at least 4 members (excludes halogenated alkanes) is 13. The predicted octanol–water partition coefficient (Wildman–Crippen LogP) is 7.84. The van der Waals surface area contributed by atoms with E-state index in [1.807, 2.05) is 0 Å². The average Bonchev–Trinajstić information content (AvgIpc) is 2.60. The van der Waals surface area contributed by atoms with Crippen LogP contribution in [0.3, 0.4) is 0 Å². The summed E-state index contributed by atoms with van der Waals surface area (Å²) < 4.78 is 0. The van der Waals surface area contributed by atoms with Crippen molar-refractivity contribution in [2.24, 2.45) is 0 Å². The molecule has 146 valence electrons. The molecule has 0 radical (unpaired) electrons. The van der Waals surface area contributed by atoms with Crippen LogP contribution in [0.15, 0.2) is 24.3 Å². The molecule has 25 heavy (non-hydrogen) atoms. The van der Waals surface area contributed by atoms with Crippen LogP contribution < -0.4 is 0 Å². The highest BCUT2D eigenvalue weighted by Crippen LogP contribution is 2.11. The lowest BCUT2D eigenvalue weighted by molar-refractivity contribution is -0.137. The third-order valence-corrected chi connectivity index (χ3v) is 4.57. The molecule has 0 fully saturated rings. The van der Waals surface area contributed by atoms with Crippen LogP contribution in [0, 0.1) is 0 Å². The van der Waals surface area contributed by atoms with Crippen molar-refractivity contribution >= 4 is 5.97 Å². The van der Waals surface area contributed by atoms with E-state index in [-0.39, 0.29) is 0 Å². The van der Waals surface area contributed by atoms with Crippen molar-refractivity contribution in [3.8, 4) is 0 Å². The third kappa shape index (κ3) is 22.9. The summed E-state index contributed by atoms with van der Waals surface area (Å²) >= 11 is 0. The van der Waals surface area contributed by atoms with Crippen LogP contribution in [0.4, 0.5) is 0 Å². The Hall–Kier alpha value is -1.05. The Bertz CT molecular complexity index is 331. The monoisotopic (exact) mass is 350 g/mol. The summed E-state index contributed by atoms with van der Waals surface area (Å²) in [6.45, 7) is 2.19. The maximum atomic E-state index is 10.4. The summed E-state index contributed by atoms with van der Waals surface area (Å²) in [6.07, 6.45) is 29.7. The van der Waals surface area contributed by atoms with Gasteiger partial charge in [0.1, 0.15) is 0 Å². The van der Waals surface area contributed by atoms with E-state index >= 15 is 0 Å². The van der Waals surface area contributed by atoms with Gasteiger partial charge in [0, 0.05) is 6.42 Å². The highest BCUT2D eigenvalue weighted by atomic mass is 16.4. The Balaban J connectivity index is 3.11. The van der Waals surface area contributed by atoms with E-state index in [4.69, 9.17) is 5.11 Å². The van der Waals surface area contributed by atoms with Gasteiger partial charge >= 0.3 is 5.97 Å². The lowest BCUT2D eigenvalue weighted by atomic mass is 10.1. The standard InChI is InChI=1S/C23H42O2/c1-2-3-4-5-6-7-8-9-10-11-12-13-14-15-16-17-18-19-20-21-22-23(24)25/h3-4,14-15H,2,5-13,16-22H2,1H3,(H,24,25). The van der Waals surface area contributed by atoms with Crippen molar-refractivity contribution in [3.63, 3.8) is 0 Å². The minimum absolute atomic E-state index is 0.330. The molecular weight excluding hydrogens is 308 g/mol. The van der Waals surface area contributed by atoms with Gasteiger partial charge < -0.3 is 5.11 Å². The maximum absolute atomic E-state index is 10.4. The number of aliphatic carboxylic acids is 1. The molecule has 0 heterocycles. The normalized spacial score (nSPS) is 11.7. The van der Waals surface area contributed by atoms with Crippen molar-refractivity contribution in [1.29, 1.82) is 0 Å². The highest BCUT2D eigenvalue weighted by Gasteiger charge is 1.96. The SMILES string of the molecule is CCC=CCCCCCCCCCC=CCCCCCCCC(=O)O. The van der Waals surface area contributed by atoms with Crippen molar-refractivity contribution in [3.05, 3.63) is 24.3 Å². The Morgan fingerprint density at radius 1 is 0.600 bits per heavy atom. The van der Waals surface area contributed by atoms with Gasteiger partial charge in [0.05, 0.1) is 0 Å².